The third-order valence-electron chi connectivity index (χ3n) is 3.28. The quantitative estimate of drug-likeness (QED) is 0.601. The molecule has 0 spiro atoms. The molecule has 2 rings (SSSR count). The highest BCUT2D eigenvalue weighted by molar-refractivity contribution is 6.07. The lowest BCUT2D eigenvalue weighted by atomic mass is 10.1. The molecule has 4 nitrogen and oxygen atoms in total. The third-order valence-corrected chi connectivity index (χ3v) is 3.28. The standard InChI is InChI=1S/C18H17FO4/c1-21-16-10-8-13(11-14(16)19)15(20)9-7-12-5-4-6-17(22-2)18(12)23-3/h4-11H,1-3H3/b9-7+. The average molecular weight is 316 g/mol. The van der Waals surface area contributed by atoms with E-state index < -0.39 is 5.82 Å². The SMILES string of the molecule is COc1ccc(C(=O)/C=C/c2cccc(OC)c2OC)cc1F. The van der Waals surface area contributed by atoms with Crippen molar-refractivity contribution in [3.8, 4) is 17.2 Å². The number of hydrogen-bond donors (Lipinski definition) is 0. The van der Waals surface area contributed by atoms with Gasteiger partial charge in [-0.1, -0.05) is 12.1 Å². The van der Waals surface area contributed by atoms with Gasteiger partial charge in [-0.2, -0.15) is 0 Å². The first-order valence-corrected chi connectivity index (χ1v) is 6.87. The van der Waals surface area contributed by atoms with Crippen LogP contribution in [-0.4, -0.2) is 27.1 Å². The maximum absolute atomic E-state index is 13.7. The molecule has 0 N–H and O–H groups in total. The van der Waals surface area contributed by atoms with E-state index in [1.54, 1.807) is 24.3 Å². The number of allylic oxidation sites excluding steroid dienone is 1. The maximum Gasteiger partial charge on any atom is 0.185 e. The molecule has 0 fully saturated rings. The molecule has 0 unspecified atom stereocenters. The van der Waals surface area contributed by atoms with E-state index in [-0.39, 0.29) is 17.1 Å². The summed E-state index contributed by atoms with van der Waals surface area (Å²) < 4.78 is 29.0. The molecule has 0 bridgehead atoms. The molecule has 2 aromatic carbocycles. The summed E-state index contributed by atoms with van der Waals surface area (Å²) >= 11 is 0. The maximum atomic E-state index is 13.7. The van der Waals surface area contributed by atoms with E-state index in [4.69, 9.17) is 14.2 Å². The van der Waals surface area contributed by atoms with Gasteiger partial charge in [0.15, 0.2) is 28.8 Å². The van der Waals surface area contributed by atoms with Crippen molar-refractivity contribution in [1.82, 2.24) is 0 Å². The Kier molecular flexibility index (Phi) is 5.36. The summed E-state index contributed by atoms with van der Waals surface area (Å²) in [5.41, 5.74) is 0.926. The van der Waals surface area contributed by atoms with Crippen molar-refractivity contribution in [3.05, 3.63) is 59.4 Å². The fraction of sp³-hybridized carbons (Fsp3) is 0.167. The van der Waals surface area contributed by atoms with Gasteiger partial charge in [0.05, 0.1) is 21.3 Å². The van der Waals surface area contributed by atoms with Gasteiger partial charge in [0.1, 0.15) is 0 Å². The second-order valence-electron chi connectivity index (χ2n) is 4.63. The topological polar surface area (TPSA) is 44.8 Å². The molecule has 0 heterocycles. The molecule has 0 aromatic heterocycles. The van der Waals surface area contributed by atoms with E-state index in [2.05, 4.69) is 0 Å². The van der Waals surface area contributed by atoms with Crippen molar-refractivity contribution in [2.24, 2.45) is 0 Å². The van der Waals surface area contributed by atoms with E-state index in [0.29, 0.717) is 17.1 Å². The van der Waals surface area contributed by atoms with Gasteiger partial charge in [0.25, 0.3) is 0 Å². The Morgan fingerprint density at radius 1 is 1.00 bits per heavy atom. The van der Waals surface area contributed by atoms with Gasteiger partial charge in [-0.15, -0.1) is 0 Å². The molecule has 120 valence electrons. The number of carbonyl (C=O) groups excluding carboxylic acids is 1. The number of methoxy groups -OCH3 is 3. The summed E-state index contributed by atoms with van der Waals surface area (Å²) in [5.74, 6) is 0.291. The van der Waals surface area contributed by atoms with Crippen molar-refractivity contribution < 1.29 is 23.4 Å². The van der Waals surface area contributed by atoms with Crippen LogP contribution in [0.25, 0.3) is 6.08 Å². The second-order valence-corrected chi connectivity index (χ2v) is 4.63. The van der Waals surface area contributed by atoms with Crippen molar-refractivity contribution in [1.29, 1.82) is 0 Å². The Labute approximate surface area is 134 Å². The van der Waals surface area contributed by atoms with Crippen LogP contribution < -0.4 is 14.2 Å². The van der Waals surface area contributed by atoms with Crippen LogP contribution in [0.2, 0.25) is 0 Å². The normalized spacial score (nSPS) is 10.6. The summed E-state index contributed by atoms with van der Waals surface area (Å²) in [6.07, 6.45) is 2.96. The van der Waals surface area contributed by atoms with Crippen LogP contribution in [0.3, 0.4) is 0 Å². The number of benzene rings is 2. The largest absolute Gasteiger partial charge is 0.494 e. The fourth-order valence-corrected chi connectivity index (χ4v) is 2.12. The summed E-state index contributed by atoms with van der Waals surface area (Å²) in [4.78, 5) is 12.2. The molecule has 0 aliphatic carbocycles. The summed E-state index contributed by atoms with van der Waals surface area (Å²) in [6, 6.07) is 9.42. The highest BCUT2D eigenvalue weighted by atomic mass is 19.1. The van der Waals surface area contributed by atoms with Crippen molar-refractivity contribution >= 4 is 11.9 Å². The minimum absolute atomic E-state index is 0.0972. The van der Waals surface area contributed by atoms with Crippen LogP contribution in [0.15, 0.2) is 42.5 Å². The van der Waals surface area contributed by atoms with Crippen LogP contribution in [0, 0.1) is 5.82 Å². The lowest BCUT2D eigenvalue weighted by Crippen LogP contribution is -1.97. The van der Waals surface area contributed by atoms with Crippen LogP contribution in [0.5, 0.6) is 17.2 Å². The molecular formula is C18H17FO4. The molecule has 0 radical (unpaired) electrons. The minimum Gasteiger partial charge on any atom is -0.494 e. The Morgan fingerprint density at radius 3 is 2.35 bits per heavy atom. The van der Waals surface area contributed by atoms with Crippen molar-refractivity contribution in [2.45, 2.75) is 0 Å². The molecule has 0 aliphatic heterocycles. The zero-order valence-electron chi connectivity index (χ0n) is 13.1. The Balaban J connectivity index is 2.26. The third kappa shape index (κ3) is 3.69. The molecule has 0 amide bonds. The highest BCUT2D eigenvalue weighted by Crippen LogP contribution is 2.31. The van der Waals surface area contributed by atoms with Gasteiger partial charge in [-0.3, -0.25) is 4.79 Å². The second kappa shape index (κ2) is 7.45. The zero-order chi connectivity index (χ0) is 16.8. The summed E-state index contributed by atoms with van der Waals surface area (Å²) in [5, 5.41) is 0. The number of para-hydroxylation sites is 1. The van der Waals surface area contributed by atoms with Crippen LogP contribution in [0.4, 0.5) is 4.39 Å². The van der Waals surface area contributed by atoms with Crippen molar-refractivity contribution in [3.63, 3.8) is 0 Å². The fourth-order valence-electron chi connectivity index (χ4n) is 2.12. The van der Waals surface area contributed by atoms with Gasteiger partial charge < -0.3 is 14.2 Å². The molecule has 23 heavy (non-hydrogen) atoms. The molecule has 0 saturated carbocycles. The van der Waals surface area contributed by atoms with Gasteiger partial charge in [-0.25, -0.2) is 4.39 Å². The zero-order valence-corrected chi connectivity index (χ0v) is 13.1. The molecule has 5 heteroatoms. The molecule has 0 atom stereocenters. The molecule has 0 saturated heterocycles. The average Bonchev–Trinajstić information content (AvgIpc) is 2.58. The summed E-state index contributed by atoms with van der Waals surface area (Å²) in [7, 11) is 4.43. The molecule has 2 aromatic rings. The number of halogens is 1. The highest BCUT2D eigenvalue weighted by Gasteiger charge is 2.10. The van der Waals surface area contributed by atoms with Gasteiger partial charge in [0.2, 0.25) is 0 Å². The first-order chi connectivity index (χ1) is 11.1. The van der Waals surface area contributed by atoms with E-state index >= 15 is 0 Å². The van der Waals surface area contributed by atoms with Crippen LogP contribution in [0.1, 0.15) is 15.9 Å². The monoisotopic (exact) mass is 316 g/mol. The molecule has 0 aliphatic rings. The first-order valence-electron chi connectivity index (χ1n) is 6.87. The Hall–Kier alpha value is -2.82. The lowest BCUT2D eigenvalue weighted by molar-refractivity contribution is 0.104. The predicted octanol–water partition coefficient (Wildman–Crippen LogP) is 3.75. The first kappa shape index (κ1) is 16.5. The number of ether oxygens (including phenoxy) is 3. The number of hydrogen-bond acceptors (Lipinski definition) is 4. The van der Waals surface area contributed by atoms with Gasteiger partial charge in [0, 0.05) is 11.1 Å². The predicted molar refractivity (Wildman–Crippen MR) is 85.9 cm³/mol. The smallest absolute Gasteiger partial charge is 0.185 e. The van der Waals surface area contributed by atoms with Gasteiger partial charge >= 0.3 is 0 Å². The Morgan fingerprint density at radius 2 is 1.74 bits per heavy atom. The minimum atomic E-state index is -0.578. The van der Waals surface area contributed by atoms with E-state index in [1.165, 1.54) is 39.5 Å². The van der Waals surface area contributed by atoms with Crippen LogP contribution in [-0.2, 0) is 0 Å². The number of carbonyl (C=O) groups is 1. The van der Waals surface area contributed by atoms with Crippen LogP contribution >= 0.6 is 0 Å². The molecular weight excluding hydrogens is 299 g/mol. The van der Waals surface area contributed by atoms with Gasteiger partial charge in [-0.05, 0) is 36.4 Å². The van der Waals surface area contributed by atoms with E-state index in [9.17, 15) is 9.18 Å². The lowest BCUT2D eigenvalue weighted by Gasteiger charge is -2.09. The summed E-state index contributed by atoms with van der Waals surface area (Å²) in [6.45, 7) is 0. The number of ketones is 1. The van der Waals surface area contributed by atoms with E-state index in [0.717, 1.165) is 6.07 Å². The van der Waals surface area contributed by atoms with E-state index in [1.807, 2.05) is 0 Å². The van der Waals surface area contributed by atoms with Crippen molar-refractivity contribution in [2.75, 3.05) is 21.3 Å². The number of rotatable bonds is 6. The Bertz CT molecular complexity index is 738.